The van der Waals surface area contributed by atoms with Gasteiger partial charge < -0.3 is 9.84 Å². The van der Waals surface area contributed by atoms with Gasteiger partial charge >= 0.3 is 11.0 Å². The van der Waals surface area contributed by atoms with Crippen molar-refractivity contribution in [3.8, 4) is 5.75 Å². The van der Waals surface area contributed by atoms with Gasteiger partial charge in [-0.15, -0.1) is 0 Å². The molecule has 0 bridgehead atoms. The second-order valence-electron chi connectivity index (χ2n) is 6.18. The molecule has 0 fully saturated rings. The lowest BCUT2D eigenvalue weighted by Crippen LogP contribution is -2.23. The van der Waals surface area contributed by atoms with Crippen molar-refractivity contribution in [2.24, 2.45) is 0 Å². The average molecular weight is 464 g/mol. The fraction of sp³-hybridized carbons (Fsp3) is 0.267. The normalized spacial score (nSPS) is 12.0. The predicted octanol–water partition coefficient (Wildman–Crippen LogP) is 4.13. The quantitative estimate of drug-likeness (QED) is 0.521. The zero-order valence-electron chi connectivity index (χ0n) is 13.8. The summed E-state index contributed by atoms with van der Waals surface area (Å²) in [5, 5.41) is 19.5. The van der Waals surface area contributed by atoms with Gasteiger partial charge in [-0.3, -0.25) is 10.1 Å². The van der Waals surface area contributed by atoms with E-state index in [2.05, 4.69) is 15.9 Å². The van der Waals surface area contributed by atoms with Crippen LogP contribution in [-0.2, 0) is 9.84 Å². The molecule has 0 amide bonds. The third-order valence-electron chi connectivity index (χ3n) is 2.92. The lowest BCUT2D eigenvalue weighted by Gasteiger charge is -2.21. The second-order valence-corrected chi connectivity index (χ2v) is 10.0. The van der Waals surface area contributed by atoms with Crippen LogP contribution in [0.4, 0.5) is 5.00 Å². The highest BCUT2D eigenvalue weighted by molar-refractivity contribution is 9.10. The summed E-state index contributed by atoms with van der Waals surface area (Å²) in [4.78, 5) is 20.0. The first kappa shape index (κ1) is 20.3. The van der Waals surface area contributed by atoms with Gasteiger partial charge in [0.15, 0.2) is 4.90 Å². The number of benzene rings is 1. The van der Waals surface area contributed by atoms with Crippen LogP contribution in [-0.4, -0.2) is 30.0 Å². The Labute approximate surface area is 161 Å². The fourth-order valence-corrected chi connectivity index (χ4v) is 5.27. The van der Waals surface area contributed by atoms with E-state index in [9.17, 15) is 23.3 Å². The first-order valence-corrected chi connectivity index (χ1v) is 10.2. The lowest BCUT2D eigenvalue weighted by atomic mass is 10.2. The molecule has 0 saturated carbocycles. The Morgan fingerprint density at radius 3 is 2.38 bits per heavy atom. The van der Waals surface area contributed by atoms with Gasteiger partial charge in [0.05, 0.1) is 9.82 Å². The van der Waals surface area contributed by atoms with E-state index in [0.29, 0.717) is 15.8 Å². The molecular weight excluding hydrogens is 450 g/mol. The highest BCUT2D eigenvalue weighted by Gasteiger charge is 2.33. The van der Waals surface area contributed by atoms with Crippen molar-refractivity contribution in [3.63, 3.8) is 0 Å². The van der Waals surface area contributed by atoms with E-state index in [0.717, 1.165) is 6.07 Å². The van der Waals surface area contributed by atoms with Gasteiger partial charge in [0.2, 0.25) is 9.84 Å². The molecule has 0 radical (unpaired) electrons. The van der Waals surface area contributed by atoms with Gasteiger partial charge in [0.1, 0.15) is 16.2 Å². The maximum Gasteiger partial charge on any atom is 0.346 e. The summed E-state index contributed by atoms with van der Waals surface area (Å²) >= 11 is 3.49. The summed E-state index contributed by atoms with van der Waals surface area (Å²) in [5.41, 5.74) is -0.591. The minimum Gasteiger partial charge on any atom is -0.488 e. The molecule has 0 aliphatic rings. The van der Waals surface area contributed by atoms with Crippen molar-refractivity contribution >= 4 is 48.1 Å². The number of carboxylic acid groups (broad SMARTS) is 1. The van der Waals surface area contributed by atoms with E-state index in [4.69, 9.17) is 9.84 Å². The van der Waals surface area contributed by atoms with Crippen LogP contribution < -0.4 is 4.74 Å². The highest BCUT2D eigenvalue weighted by Crippen LogP contribution is 2.38. The molecule has 1 aromatic carbocycles. The first-order valence-electron chi connectivity index (χ1n) is 7.07. The van der Waals surface area contributed by atoms with Crippen LogP contribution in [0.5, 0.6) is 5.75 Å². The van der Waals surface area contributed by atoms with E-state index < -0.39 is 41.1 Å². The van der Waals surface area contributed by atoms with Crippen LogP contribution in [0.25, 0.3) is 0 Å². The fourth-order valence-electron chi connectivity index (χ4n) is 2.02. The number of carboxylic acids is 1. The molecule has 2 rings (SSSR count). The van der Waals surface area contributed by atoms with Crippen molar-refractivity contribution in [2.75, 3.05) is 0 Å². The molecule has 8 nitrogen and oxygen atoms in total. The van der Waals surface area contributed by atoms with Crippen LogP contribution in [0.3, 0.4) is 0 Å². The maximum atomic E-state index is 12.9. The topological polar surface area (TPSA) is 124 Å². The number of nitro groups is 1. The zero-order chi connectivity index (χ0) is 19.9. The van der Waals surface area contributed by atoms with E-state index >= 15 is 0 Å². The predicted molar refractivity (Wildman–Crippen MR) is 97.9 cm³/mol. The smallest absolute Gasteiger partial charge is 0.346 e. The van der Waals surface area contributed by atoms with Gasteiger partial charge in [0, 0.05) is 4.47 Å². The maximum absolute atomic E-state index is 12.9. The van der Waals surface area contributed by atoms with Crippen molar-refractivity contribution < 1.29 is 28.0 Å². The molecule has 2 aromatic rings. The van der Waals surface area contributed by atoms with Gasteiger partial charge in [-0.05, 0) is 45.0 Å². The summed E-state index contributed by atoms with van der Waals surface area (Å²) in [6, 6.07) is 4.88. The molecule has 1 aromatic heterocycles. The second kappa shape index (κ2) is 6.97. The molecule has 0 saturated heterocycles. The summed E-state index contributed by atoms with van der Waals surface area (Å²) in [6.07, 6.45) is 0. The number of hydrogen-bond acceptors (Lipinski definition) is 7. The molecule has 26 heavy (non-hydrogen) atoms. The van der Waals surface area contributed by atoms with Crippen molar-refractivity contribution in [2.45, 2.75) is 36.2 Å². The van der Waals surface area contributed by atoms with E-state index in [-0.39, 0.29) is 10.6 Å². The van der Waals surface area contributed by atoms with Crippen molar-refractivity contribution in [1.82, 2.24) is 0 Å². The molecule has 0 aliphatic carbocycles. The van der Waals surface area contributed by atoms with Crippen LogP contribution in [0.1, 0.15) is 30.4 Å². The largest absolute Gasteiger partial charge is 0.488 e. The van der Waals surface area contributed by atoms with Gasteiger partial charge in [-0.25, -0.2) is 13.2 Å². The summed E-state index contributed by atoms with van der Waals surface area (Å²) < 4.78 is 31.8. The molecule has 0 spiro atoms. The van der Waals surface area contributed by atoms with Gasteiger partial charge in [-0.2, -0.15) is 0 Å². The van der Waals surface area contributed by atoms with Crippen molar-refractivity contribution in [3.05, 3.63) is 43.7 Å². The van der Waals surface area contributed by atoms with E-state index in [1.165, 1.54) is 12.1 Å². The Balaban J connectivity index is 2.65. The van der Waals surface area contributed by atoms with Gasteiger partial charge in [-0.1, -0.05) is 27.3 Å². The number of aromatic carboxylic acids is 1. The Bertz CT molecular complexity index is 990. The Hall–Kier alpha value is -1.98. The average Bonchev–Trinajstić information content (AvgIpc) is 2.90. The number of thiophene rings is 1. The Kier molecular flexibility index (Phi) is 5.45. The number of nitrogens with zero attached hydrogens (tertiary/aromatic N) is 1. The number of carbonyl (C=O) groups is 1. The summed E-state index contributed by atoms with van der Waals surface area (Å²) in [6.45, 7) is 5.35. The van der Waals surface area contributed by atoms with Crippen LogP contribution in [0, 0.1) is 10.1 Å². The Morgan fingerprint density at radius 1 is 1.27 bits per heavy atom. The number of halogens is 1. The third kappa shape index (κ3) is 4.40. The van der Waals surface area contributed by atoms with Crippen LogP contribution in [0.2, 0.25) is 0 Å². The monoisotopic (exact) mass is 463 g/mol. The molecule has 0 aliphatic heterocycles. The molecule has 0 unspecified atom stereocenters. The molecule has 140 valence electrons. The number of ether oxygens (including phenoxy) is 1. The first-order chi connectivity index (χ1) is 11.8. The van der Waals surface area contributed by atoms with Crippen LogP contribution in [0.15, 0.2) is 38.5 Å². The van der Waals surface area contributed by atoms with Crippen LogP contribution >= 0.6 is 27.3 Å². The Morgan fingerprint density at radius 2 is 1.88 bits per heavy atom. The van der Waals surface area contributed by atoms with Crippen molar-refractivity contribution in [1.29, 1.82) is 0 Å². The third-order valence-corrected chi connectivity index (χ3v) is 6.33. The zero-order valence-corrected chi connectivity index (χ0v) is 17.1. The SMILES string of the molecule is CC(C)(C)Oc1cc(Br)cc(S(=O)(=O)c2cc(C(=O)O)sc2[N+](=O)[O-])c1. The number of sulfone groups is 1. The molecule has 11 heteroatoms. The standard InChI is InChI=1S/C15H14BrNO7S2/c1-15(2,3)24-9-4-8(16)5-10(6-9)26(22,23)12-7-11(14(18)19)25-13(12)17(20)21/h4-7H,1-3H3,(H,18,19). The minimum atomic E-state index is -4.33. The summed E-state index contributed by atoms with van der Waals surface area (Å²) in [7, 11) is -4.33. The molecule has 0 atom stereocenters. The van der Waals surface area contributed by atoms with Gasteiger partial charge in [0.25, 0.3) is 0 Å². The highest BCUT2D eigenvalue weighted by atomic mass is 79.9. The number of hydrogen-bond donors (Lipinski definition) is 1. The minimum absolute atomic E-state index is 0.246. The van der Waals surface area contributed by atoms with E-state index in [1.54, 1.807) is 26.8 Å². The van der Waals surface area contributed by atoms with E-state index in [1.807, 2.05) is 0 Å². The summed E-state index contributed by atoms with van der Waals surface area (Å²) in [5.74, 6) is -1.19. The number of rotatable bonds is 5. The molecular formula is C15H14BrNO7S2. The molecule has 1 N–H and O–H groups in total. The molecule has 1 heterocycles. The lowest BCUT2D eigenvalue weighted by molar-refractivity contribution is -0.383.